The number of anilines is 1. The highest BCUT2D eigenvalue weighted by atomic mass is 79.9. The smallest absolute Gasteiger partial charge is 0.266 e. The fourth-order valence-corrected chi connectivity index (χ4v) is 5.82. The van der Waals surface area contributed by atoms with Crippen molar-refractivity contribution >= 4 is 46.0 Å². The molecule has 1 saturated heterocycles. The molecule has 3 aromatic rings. The van der Waals surface area contributed by atoms with Gasteiger partial charge >= 0.3 is 0 Å². The van der Waals surface area contributed by atoms with Gasteiger partial charge in [-0.1, -0.05) is 26.8 Å². The van der Waals surface area contributed by atoms with E-state index in [0.717, 1.165) is 54.3 Å². The molecule has 1 aliphatic rings. The van der Waals surface area contributed by atoms with Crippen LogP contribution in [0, 0.1) is 11.9 Å². The molecule has 3 aromatic heterocycles. The molecule has 0 spiro atoms. The van der Waals surface area contributed by atoms with Gasteiger partial charge in [0.2, 0.25) is 12.4 Å². The first kappa shape index (κ1) is 30.9. The number of carbonyl (C=O) groups excluding carboxylic acids is 2. The van der Waals surface area contributed by atoms with Gasteiger partial charge in [0, 0.05) is 45.8 Å². The third-order valence-electron chi connectivity index (χ3n) is 7.27. The summed E-state index contributed by atoms with van der Waals surface area (Å²) in [5.41, 5.74) is 0.870. The summed E-state index contributed by atoms with van der Waals surface area (Å²) in [6.45, 7) is 10.8. The average Bonchev–Trinajstić information content (AvgIpc) is 3.22. The fraction of sp³-hybridized carbons (Fsp3) is 0.433. The van der Waals surface area contributed by atoms with Gasteiger partial charge in [-0.2, -0.15) is 4.39 Å². The zero-order chi connectivity index (χ0) is 29.8. The van der Waals surface area contributed by atoms with Crippen molar-refractivity contribution in [1.82, 2.24) is 24.6 Å². The number of nitrogens with zero attached hydrogens (tertiary/aromatic N) is 4. The normalized spacial score (nSPS) is 17.2. The largest absolute Gasteiger partial charge is 0.362 e. The lowest BCUT2D eigenvalue weighted by Gasteiger charge is -2.27. The van der Waals surface area contributed by atoms with Crippen LogP contribution in [0.2, 0.25) is 0 Å². The molecule has 0 aliphatic carbocycles. The van der Waals surface area contributed by atoms with Crippen LogP contribution in [0.1, 0.15) is 81.7 Å². The van der Waals surface area contributed by atoms with Crippen molar-refractivity contribution in [2.45, 2.75) is 75.9 Å². The average molecular weight is 644 g/mol. The molecule has 8 nitrogen and oxygen atoms in total. The van der Waals surface area contributed by atoms with Crippen LogP contribution in [0.5, 0.6) is 0 Å². The van der Waals surface area contributed by atoms with Crippen LogP contribution in [-0.2, 0) is 10.2 Å². The zero-order valence-electron chi connectivity index (χ0n) is 23.9. The predicted molar refractivity (Wildman–Crippen MR) is 163 cm³/mol. The third-order valence-corrected chi connectivity index (χ3v) is 8.47. The molecule has 4 rings (SSSR count). The van der Waals surface area contributed by atoms with Gasteiger partial charge in [-0.05, 0) is 91.4 Å². The van der Waals surface area contributed by atoms with Crippen molar-refractivity contribution in [3.05, 3.63) is 76.0 Å². The van der Waals surface area contributed by atoms with Crippen LogP contribution in [0.4, 0.5) is 10.2 Å². The van der Waals surface area contributed by atoms with Crippen molar-refractivity contribution in [1.29, 1.82) is 0 Å². The van der Waals surface area contributed by atoms with Gasteiger partial charge in [-0.25, -0.2) is 9.97 Å². The van der Waals surface area contributed by atoms with Gasteiger partial charge in [-0.15, -0.1) is 0 Å². The number of hydrogen-bond acceptors (Lipinski definition) is 7. The highest BCUT2D eigenvalue weighted by molar-refractivity contribution is 9.10. The Hall–Kier alpha value is -3.05. The van der Waals surface area contributed by atoms with E-state index in [1.54, 1.807) is 18.3 Å². The molecule has 2 atom stereocenters. The zero-order valence-corrected chi connectivity index (χ0v) is 26.4. The monoisotopic (exact) mass is 642 g/mol. The van der Waals surface area contributed by atoms with Crippen molar-refractivity contribution in [2.24, 2.45) is 5.92 Å². The molecule has 41 heavy (non-hydrogen) atoms. The Labute approximate surface area is 253 Å². The molecule has 218 valence electrons. The van der Waals surface area contributed by atoms with Gasteiger partial charge in [0.15, 0.2) is 0 Å². The quantitative estimate of drug-likeness (QED) is 0.144. The van der Waals surface area contributed by atoms with Crippen LogP contribution in [0.15, 0.2) is 58.2 Å². The van der Waals surface area contributed by atoms with E-state index in [4.69, 9.17) is 0 Å². The number of carbonyl (C=O) groups is 2. The number of rotatable bonds is 10. The minimum atomic E-state index is -0.800. The van der Waals surface area contributed by atoms with E-state index in [0.29, 0.717) is 22.5 Å². The first-order valence-electron chi connectivity index (χ1n) is 13.6. The SMILES string of the molecule is CC(C)(C)c1ccc(C(=O)NSc2cccc(NC(CCC3CN(C=O)C(C)(C)C3)c3ccc(Br)cn3)n2)c(F)n1. The second-order valence-electron chi connectivity index (χ2n) is 12.0. The van der Waals surface area contributed by atoms with E-state index in [9.17, 15) is 14.0 Å². The molecule has 0 saturated carbocycles. The number of hydrogen-bond donors (Lipinski definition) is 2. The molecule has 4 heterocycles. The summed E-state index contributed by atoms with van der Waals surface area (Å²) in [6.07, 6.45) is 5.39. The second-order valence-corrected chi connectivity index (χ2v) is 13.7. The Morgan fingerprint density at radius 3 is 2.63 bits per heavy atom. The lowest BCUT2D eigenvalue weighted by molar-refractivity contribution is -0.120. The van der Waals surface area contributed by atoms with Gasteiger partial charge in [0.25, 0.3) is 5.91 Å². The summed E-state index contributed by atoms with van der Waals surface area (Å²) in [6, 6.07) is 12.4. The molecular weight excluding hydrogens is 607 g/mol. The topological polar surface area (TPSA) is 100 Å². The molecule has 0 radical (unpaired) electrons. The Kier molecular flexibility index (Phi) is 9.69. The molecular formula is C30H36BrFN6O2S. The maximum absolute atomic E-state index is 14.6. The molecule has 0 bridgehead atoms. The van der Waals surface area contributed by atoms with Gasteiger partial charge in [0.05, 0.1) is 17.3 Å². The van der Waals surface area contributed by atoms with Crippen LogP contribution in [0.25, 0.3) is 0 Å². The van der Waals surface area contributed by atoms with Gasteiger partial charge in [-0.3, -0.25) is 19.3 Å². The summed E-state index contributed by atoms with van der Waals surface area (Å²) in [7, 11) is 0. The van der Waals surface area contributed by atoms with Crippen molar-refractivity contribution in [3.8, 4) is 0 Å². The third kappa shape index (κ3) is 8.03. The number of likely N-dealkylation sites (tertiary alicyclic amines) is 1. The summed E-state index contributed by atoms with van der Waals surface area (Å²) in [5, 5.41) is 4.05. The molecule has 11 heteroatoms. The molecule has 2 unspecified atom stereocenters. The number of amides is 2. The predicted octanol–water partition coefficient (Wildman–Crippen LogP) is 6.70. The first-order chi connectivity index (χ1) is 19.4. The Bertz CT molecular complexity index is 1380. The van der Waals surface area contributed by atoms with Crippen LogP contribution in [0.3, 0.4) is 0 Å². The maximum atomic E-state index is 14.6. The molecule has 2 amide bonds. The van der Waals surface area contributed by atoms with E-state index < -0.39 is 11.9 Å². The van der Waals surface area contributed by atoms with E-state index in [-0.39, 0.29) is 22.6 Å². The molecule has 1 fully saturated rings. The number of halogens is 2. The fourth-order valence-electron chi connectivity index (χ4n) is 4.99. The van der Waals surface area contributed by atoms with E-state index in [1.165, 1.54) is 6.07 Å². The van der Waals surface area contributed by atoms with Crippen molar-refractivity contribution in [2.75, 3.05) is 11.9 Å². The summed E-state index contributed by atoms with van der Waals surface area (Å²) < 4.78 is 18.1. The van der Waals surface area contributed by atoms with Gasteiger partial charge < -0.3 is 10.2 Å². The summed E-state index contributed by atoms with van der Waals surface area (Å²) in [5.74, 6) is -0.359. The Morgan fingerprint density at radius 2 is 2.00 bits per heavy atom. The van der Waals surface area contributed by atoms with Crippen LogP contribution >= 0.6 is 27.9 Å². The molecule has 0 aromatic carbocycles. The standard InChI is InChI=1S/C30H36BrFN6O2S/c1-29(2,3)24-14-11-21(27(32)35-24)28(40)37-41-26-8-6-7-25(36-26)34-23(22-13-10-20(31)16-33-22)12-9-19-15-30(4,5)38(17-19)18-39/h6-8,10-11,13-14,16,18-19,23H,9,12,15,17H2,1-5H3,(H,34,36)(H,37,40). The Morgan fingerprint density at radius 1 is 1.22 bits per heavy atom. The molecule has 1 aliphatic heterocycles. The lowest BCUT2D eigenvalue weighted by atomic mass is 9.91. The summed E-state index contributed by atoms with van der Waals surface area (Å²) >= 11 is 4.47. The van der Waals surface area contributed by atoms with Gasteiger partial charge in [0.1, 0.15) is 10.8 Å². The number of pyridine rings is 3. The summed E-state index contributed by atoms with van der Waals surface area (Å²) in [4.78, 5) is 39.3. The highest BCUT2D eigenvalue weighted by Crippen LogP contribution is 2.36. The van der Waals surface area contributed by atoms with Crippen molar-refractivity contribution < 1.29 is 14.0 Å². The van der Waals surface area contributed by atoms with Crippen molar-refractivity contribution in [3.63, 3.8) is 0 Å². The van der Waals surface area contributed by atoms with E-state index >= 15 is 0 Å². The minimum absolute atomic E-state index is 0.111. The van der Waals surface area contributed by atoms with E-state index in [2.05, 4.69) is 54.8 Å². The number of aromatic nitrogens is 3. The second kappa shape index (κ2) is 12.9. The Balaban J connectivity index is 1.43. The lowest BCUT2D eigenvalue weighted by Crippen LogP contribution is -2.36. The van der Waals surface area contributed by atoms with Crippen LogP contribution in [-0.4, -0.2) is 44.3 Å². The highest BCUT2D eigenvalue weighted by Gasteiger charge is 2.37. The molecule has 2 N–H and O–H groups in total. The minimum Gasteiger partial charge on any atom is -0.362 e. The van der Waals surface area contributed by atoms with Crippen LogP contribution < -0.4 is 10.0 Å². The first-order valence-corrected chi connectivity index (χ1v) is 15.2. The maximum Gasteiger partial charge on any atom is 0.266 e. The van der Waals surface area contributed by atoms with E-state index in [1.807, 2.05) is 49.9 Å². The number of nitrogens with one attached hydrogen (secondary N) is 2.